The van der Waals surface area contributed by atoms with Crippen LogP contribution >= 0.6 is 0 Å². The van der Waals surface area contributed by atoms with Crippen molar-refractivity contribution in [3.05, 3.63) is 59.2 Å². The van der Waals surface area contributed by atoms with E-state index in [2.05, 4.69) is 5.32 Å². The SMILES string of the molecule is CCN(Cc1ccc2c(c1)OCO2)C(=O)CCNC(=O)c1ccc(F)cc1F. The molecule has 2 amide bonds. The van der Waals surface area contributed by atoms with Crippen molar-refractivity contribution in [1.29, 1.82) is 0 Å². The molecule has 1 aliphatic rings. The summed E-state index contributed by atoms with van der Waals surface area (Å²) in [6.45, 7) is 2.98. The van der Waals surface area contributed by atoms with E-state index in [1.165, 1.54) is 0 Å². The van der Waals surface area contributed by atoms with Gasteiger partial charge in [-0.25, -0.2) is 8.78 Å². The Morgan fingerprint density at radius 1 is 1.11 bits per heavy atom. The molecule has 6 nitrogen and oxygen atoms in total. The number of nitrogens with zero attached hydrogens (tertiary/aromatic N) is 1. The summed E-state index contributed by atoms with van der Waals surface area (Å²) in [7, 11) is 0. The number of amides is 2. The third-order valence-corrected chi connectivity index (χ3v) is 4.35. The zero-order chi connectivity index (χ0) is 20.1. The van der Waals surface area contributed by atoms with Crippen LogP contribution in [0, 0.1) is 11.6 Å². The van der Waals surface area contributed by atoms with Crippen molar-refractivity contribution in [3.63, 3.8) is 0 Å². The predicted octanol–water partition coefficient (Wildman–Crippen LogP) is 2.86. The third-order valence-electron chi connectivity index (χ3n) is 4.35. The topological polar surface area (TPSA) is 67.9 Å². The molecule has 1 N–H and O–H groups in total. The van der Waals surface area contributed by atoms with Gasteiger partial charge in [0.1, 0.15) is 11.6 Å². The minimum atomic E-state index is -0.943. The molecule has 1 aliphatic heterocycles. The second kappa shape index (κ2) is 8.69. The van der Waals surface area contributed by atoms with E-state index in [4.69, 9.17) is 9.47 Å². The van der Waals surface area contributed by atoms with Gasteiger partial charge in [-0.05, 0) is 36.8 Å². The monoisotopic (exact) mass is 390 g/mol. The number of nitrogens with one attached hydrogen (secondary N) is 1. The highest BCUT2D eigenvalue weighted by Gasteiger charge is 2.17. The summed E-state index contributed by atoms with van der Waals surface area (Å²) in [6.07, 6.45) is 0.0624. The van der Waals surface area contributed by atoms with Crippen LogP contribution in [0.4, 0.5) is 8.78 Å². The number of hydrogen-bond acceptors (Lipinski definition) is 4. The van der Waals surface area contributed by atoms with Crippen LogP contribution in [0.3, 0.4) is 0 Å². The lowest BCUT2D eigenvalue weighted by Crippen LogP contribution is -2.34. The van der Waals surface area contributed by atoms with Gasteiger partial charge in [-0.1, -0.05) is 6.07 Å². The summed E-state index contributed by atoms with van der Waals surface area (Å²) in [4.78, 5) is 26.1. The number of benzene rings is 2. The summed E-state index contributed by atoms with van der Waals surface area (Å²) in [5.41, 5.74) is 0.637. The van der Waals surface area contributed by atoms with Crippen LogP contribution < -0.4 is 14.8 Å². The molecule has 28 heavy (non-hydrogen) atoms. The van der Waals surface area contributed by atoms with E-state index in [1.807, 2.05) is 19.1 Å². The quantitative estimate of drug-likeness (QED) is 0.790. The average molecular weight is 390 g/mol. The highest BCUT2D eigenvalue weighted by atomic mass is 19.1. The van der Waals surface area contributed by atoms with Crippen molar-refractivity contribution in [3.8, 4) is 11.5 Å². The van der Waals surface area contributed by atoms with E-state index in [1.54, 1.807) is 11.0 Å². The molecular weight excluding hydrogens is 370 g/mol. The van der Waals surface area contributed by atoms with E-state index in [0.717, 1.165) is 17.7 Å². The molecule has 0 radical (unpaired) electrons. The number of halogens is 2. The Hall–Kier alpha value is -3.16. The van der Waals surface area contributed by atoms with Gasteiger partial charge in [-0.15, -0.1) is 0 Å². The van der Waals surface area contributed by atoms with E-state index in [9.17, 15) is 18.4 Å². The predicted molar refractivity (Wildman–Crippen MR) is 97.0 cm³/mol. The first-order chi connectivity index (χ1) is 13.5. The fourth-order valence-electron chi connectivity index (χ4n) is 2.85. The number of ether oxygens (including phenoxy) is 2. The molecule has 0 bridgehead atoms. The van der Waals surface area contributed by atoms with Gasteiger partial charge in [0.15, 0.2) is 11.5 Å². The van der Waals surface area contributed by atoms with Crippen molar-refractivity contribution in [1.82, 2.24) is 10.2 Å². The van der Waals surface area contributed by atoms with Crippen LogP contribution in [0.1, 0.15) is 29.3 Å². The lowest BCUT2D eigenvalue weighted by molar-refractivity contribution is -0.131. The molecule has 0 spiro atoms. The van der Waals surface area contributed by atoms with Gasteiger partial charge in [0.2, 0.25) is 12.7 Å². The molecule has 0 atom stereocenters. The van der Waals surface area contributed by atoms with Gasteiger partial charge in [-0.3, -0.25) is 9.59 Å². The summed E-state index contributed by atoms with van der Waals surface area (Å²) < 4.78 is 37.1. The van der Waals surface area contributed by atoms with Gasteiger partial charge in [-0.2, -0.15) is 0 Å². The van der Waals surface area contributed by atoms with Gasteiger partial charge in [0.25, 0.3) is 5.91 Å². The van der Waals surface area contributed by atoms with Crippen LogP contribution in [0.25, 0.3) is 0 Å². The number of hydrogen-bond donors (Lipinski definition) is 1. The highest BCUT2D eigenvalue weighted by molar-refractivity contribution is 5.94. The Balaban J connectivity index is 1.52. The molecule has 2 aromatic rings. The molecule has 0 unspecified atom stereocenters. The van der Waals surface area contributed by atoms with Crippen molar-refractivity contribution in [2.45, 2.75) is 19.9 Å². The molecule has 0 fully saturated rings. The molecule has 0 aliphatic carbocycles. The molecule has 148 valence electrons. The molecule has 0 aromatic heterocycles. The fourth-order valence-corrected chi connectivity index (χ4v) is 2.85. The maximum Gasteiger partial charge on any atom is 0.254 e. The first-order valence-electron chi connectivity index (χ1n) is 8.87. The van der Waals surface area contributed by atoms with Gasteiger partial charge < -0.3 is 19.7 Å². The van der Waals surface area contributed by atoms with Gasteiger partial charge in [0.05, 0.1) is 5.56 Å². The Labute approximate surface area is 161 Å². The first-order valence-corrected chi connectivity index (χ1v) is 8.87. The van der Waals surface area contributed by atoms with Crippen molar-refractivity contribution < 1.29 is 27.8 Å². The molecule has 8 heteroatoms. The largest absolute Gasteiger partial charge is 0.454 e. The van der Waals surface area contributed by atoms with Crippen molar-refractivity contribution in [2.24, 2.45) is 0 Å². The van der Waals surface area contributed by atoms with E-state index < -0.39 is 17.5 Å². The minimum Gasteiger partial charge on any atom is -0.454 e. The normalized spacial score (nSPS) is 12.0. The zero-order valence-corrected chi connectivity index (χ0v) is 15.3. The average Bonchev–Trinajstić information content (AvgIpc) is 3.13. The van der Waals surface area contributed by atoms with E-state index in [0.29, 0.717) is 30.7 Å². The zero-order valence-electron chi connectivity index (χ0n) is 15.3. The summed E-state index contributed by atoms with van der Waals surface area (Å²) >= 11 is 0. The van der Waals surface area contributed by atoms with Crippen LogP contribution in [-0.2, 0) is 11.3 Å². The van der Waals surface area contributed by atoms with E-state index in [-0.39, 0.29) is 31.2 Å². The van der Waals surface area contributed by atoms with Gasteiger partial charge >= 0.3 is 0 Å². The molecule has 2 aromatic carbocycles. The van der Waals surface area contributed by atoms with Gasteiger partial charge in [0, 0.05) is 32.1 Å². The number of carbonyl (C=O) groups is 2. The van der Waals surface area contributed by atoms with Crippen LogP contribution in [0.15, 0.2) is 36.4 Å². The van der Waals surface area contributed by atoms with Crippen molar-refractivity contribution >= 4 is 11.8 Å². The third kappa shape index (κ3) is 4.57. The molecule has 3 rings (SSSR count). The Morgan fingerprint density at radius 3 is 2.64 bits per heavy atom. The lowest BCUT2D eigenvalue weighted by Gasteiger charge is -2.21. The minimum absolute atomic E-state index is 0.0477. The van der Waals surface area contributed by atoms with Crippen LogP contribution in [0.5, 0.6) is 11.5 Å². The highest BCUT2D eigenvalue weighted by Crippen LogP contribution is 2.32. The van der Waals surface area contributed by atoms with E-state index >= 15 is 0 Å². The number of fused-ring (bicyclic) bond motifs is 1. The second-order valence-electron chi connectivity index (χ2n) is 6.23. The van der Waals surface area contributed by atoms with Crippen molar-refractivity contribution in [2.75, 3.05) is 19.9 Å². The maximum absolute atomic E-state index is 13.6. The Morgan fingerprint density at radius 2 is 1.89 bits per heavy atom. The number of rotatable bonds is 7. The standard InChI is InChI=1S/C20H20F2N2O4/c1-2-24(11-13-3-6-17-18(9-13)28-12-27-17)19(25)7-8-23-20(26)15-5-4-14(21)10-16(15)22/h3-6,9-10H,2,7-8,11-12H2,1H3,(H,23,26). The molecule has 0 saturated heterocycles. The Bertz CT molecular complexity index is 889. The second-order valence-corrected chi connectivity index (χ2v) is 6.23. The fraction of sp³-hybridized carbons (Fsp3) is 0.300. The molecule has 0 saturated carbocycles. The Kier molecular flexibility index (Phi) is 6.08. The summed E-state index contributed by atoms with van der Waals surface area (Å²) in [5.74, 6) is -1.22. The number of carbonyl (C=O) groups excluding carboxylic acids is 2. The van der Waals surface area contributed by atoms with Crippen LogP contribution in [-0.4, -0.2) is 36.6 Å². The smallest absolute Gasteiger partial charge is 0.254 e. The lowest BCUT2D eigenvalue weighted by atomic mass is 10.1. The molecule has 1 heterocycles. The summed E-state index contributed by atoms with van der Waals surface area (Å²) in [5, 5.41) is 2.48. The maximum atomic E-state index is 13.6. The summed E-state index contributed by atoms with van der Waals surface area (Å²) in [6, 6.07) is 8.21. The van der Waals surface area contributed by atoms with Crippen LogP contribution in [0.2, 0.25) is 0 Å². The molecular formula is C20H20F2N2O4. The first kappa shape index (κ1) is 19.6.